The van der Waals surface area contributed by atoms with Crippen LogP contribution in [0.1, 0.15) is 44.0 Å². The predicted octanol–water partition coefficient (Wildman–Crippen LogP) is 4.08. The molecule has 2 rings (SSSR count). The van der Waals surface area contributed by atoms with E-state index in [1.165, 1.54) is 0 Å². The summed E-state index contributed by atoms with van der Waals surface area (Å²) in [5.41, 5.74) is 1.11. The topological polar surface area (TPSA) is 51.0 Å². The Hall–Kier alpha value is -1.10. The lowest BCUT2D eigenvalue weighted by Crippen LogP contribution is -2.24. The molecular weight excluding hydrogens is 321 g/mol. The van der Waals surface area contributed by atoms with Gasteiger partial charge in [-0.05, 0) is 37.6 Å². The maximum Gasteiger partial charge on any atom is 0.234 e. The first kappa shape index (κ1) is 18.9. The quantitative estimate of drug-likeness (QED) is 0.858. The van der Waals surface area contributed by atoms with Crippen molar-refractivity contribution in [3.8, 4) is 0 Å². The van der Waals surface area contributed by atoms with Gasteiger partial charge in [0.1, 0.15) is 0 Å². The first-order valence-corrected chi connectivity index (χ1v) is 7.64. The number of nitrogens with zero attached hydrogens (tertiary/aromatic N) is 2. The largest absolute Gasteiger partial charge is 0.339 e. The van der Waals surface area contributed by atoms with E-state index >= 15 is 0 Å². The van der Waals surface area contributed by atoms with Crippen molar-refractivity contribution in [2.75, 3.05) is 7.05 Å². The number of aromatic nitrogens is 2. The molecule has 0 aliphatic carbocycles. The molecule has 2 aromatic rings. The molecular formula is C16H23Cl2N3O. The molecule has 0 fully saturated rings. The number of nitrogens with one attached hydrogen (secondary N) is 1. The lowest BCUT2D eigenvalue weighted by molar-refractivity contribution is 0.337. The van der Waals surface area contributed by atoms with Crippen molar-refractivity contribution in [2.24, 2.45) is 5.92 Å². The van der Waals surface area contributed by atoms with Gasteiger partial charge in [0.25, 0.3) is 0 Å². The van der Waals surface area contributed by atoms with Crippen LogP contribution in [0.25, 0.3) is 0 Å². The molecule has 1 N–H and O–H groups in total. The summed E-state index contributed by atoms with van der Waals surface area (Å²) in [5.74, 6) is 1.80. The molecule has 1 heterocycles. The highest BCUT2D eigenvalue weighted by atomic mass is 35.5. The Balaban J connectivity index is 0.00000242. The van der Waals surface area contributed by atoms with Crippen molar-refractivity contribution >= 4 is 24.0 Å². The third kappa shape index (κ3) is 4.70. The second-order valence-corrected chi connectivity index (χ2v) is 6.16. The second-order valence-electron chi connectivity index (χ2n) is 5.72. The Morgan fingerprint density at radius 3 is 2.59 bits per heavy atom. The maximum absolute atomic E-state index is 6.10. The van der Waals surface area contributed by atoms with Gasteiger partial charge in [-0.3, -0.25) is 0 Å². The highest BCUT2D eigenvalue weighted by Crippen LogP contribution is 2.32. The van der Waals surface area contributed by atoms with Gasteiger partial charge in [0.15, 0.2) is 5.82 Å². The van der Waals surface area contributed by atoms with E-state index in [2.05, 4.69) is 42.3 Å². The molecule has 4 nitrogen and oxygen atoms in total. The molecule has 122 valence electrons. The molecule has 2 unspecified atom stereocenters. The molecule has 0 aliphatic rings. The summed E-state index contributed by atoms with van der Waals surface area (Å²) >= 11 is 6.10. The normalized spacial score (nSPS) is 13.7. The van der Waals surface area contributed by atoms with Gasteiger partial charge in [0, 0.05) is 17.5 Å². The van der Waals surface area contributed by atoms with E-state index in [9.17, 15) is 0 Å². The zero-order chi connectivity index (χ0) is 15.4. The average molecular weight is 344 g/mol. The van der Waals surface area contributed by atoms with Crippen molar-refractivity contribution in [1.29, 1.82) is 0 Å². The first-order chi connectivity index (χ1) is 10.0. The number of likely N-dealkylation sites (N-methyl/N-ethyl adjacent to an activating group) is 1. The van der Waals surface area contributed by atoms with Crippen molar-refractivity contribution in [3.05, 3.63) is 46.6 Å². The van der Waals surface area contributed by atoms with E-state index in [0.717, 1.165) is 22.8 Å². The van der Waals surface area contributed by atoms with Crippen LogP contribution in [0, 0.1) is 5.92 Å². The predicted molar refractivity (Wildman–Crippen MR) is 91.9 cm³/mol. The monoisotopic (exact) mass is 343 g/mol. The minimum absolute atomic E-state index is 0. The fraction of sp³-hybridized carbons (Fsp3) is 0.500. The molecule has 0 spiro atoms. The van der Waals surface area contributed by atoms with Crippen molar-refractivity contribution in [1.82, 2.24) is 15.5 Å². The van der Waals surface area contributed by atoms with Gasteiger partial charge < -0.3 is 9.84 Å². The van der Waals surface area contributed by atoms with Crippen molar-refractivity contribution < 1.29 is 4.52 Å². The summed E-state index contributed by atoms with van der Waals surface area (Å²) in [4.78, 5) is 4.56. The fourth-order valence-electron chi connectivity index (χ4n) is 2.37. The van der Waals surface area contributed by atoms with E-state index in [1.54, 1.807) is 0 Å². The van der Waals surface area contributed by atoms with E-state index in [1.807, 2.05) is 25.2 Å². The van der Waals surface area contributed by atoms with Crippen LogP contribution in [0.2, 0.25) is 5.02 Å². The molecule has 22 heavy (non-hydrogen) atoms. The minimum Gasteiger partial charge on any atom is -0.339 e. The Labute approximate surface area is 143 Å². The summed E-state index contributed by atoms with van der Waals surface area (Å²) in [6.07, 6.45) is 0.750. The summed E-state index contributed by atoms with van der Waals surface area (Å²) in [7, 11) is 1.93. The standard InChI is InChI=1S/C16H22ClN3O.ClH/c1-10(2)15(12-6-5-7-13(17)9-12)16-19-14(20-21-16)8-11(3)18-4;/h5-7,9-11,15,18H,8H2,1-4H3;1H. The highest BCUT2D eigenvalue weighted by Gasteiger charge is 2.25. The van der Waals surface area contributed by atoms with Crippen LogP contribution in [-0.2, 0) is 6.42 Å². The number of benzene rings is 1. The summed E-state index contributed by atoms with van der Waals surface area (Å²) in [6, 6.07) is 8.16. The molecule has 1 aromatic heterocycles. The van der Waals surface area contributed by atoms with Crippen LogP contribution in [0.5, 0.6) is 0 Å². The van der Waals surface area contributed by atoms with Gasteiger partial charge in [-0.2, -0.15) is 4.98 Å². The van der Waals surface area contributed by atoms with Gasteiger partial charge in [-0.1, -0.05) is 42.7 Å². The zero-order valence-corrected chi connectivity index (χ0v) is 14.9. The molecule has 0 radical (unpaired) electrons. The Kier molecular flexibility index (Phi) is 7.33. The Morgan fingerprint density at radius 2 is 2.00 bits per heavy atom. The van der Waals surface area contributed by atoms with Gasteiger partial charge in [-0.25, -0.2) is 0 Å². The third-order valence-electron chi connectivity index (χ3n) is 3.61. The van der Waals surface area contributed by atoms with Crippen LogP contribution in [-0.4, -0.2) is 23.2 Å². The molecule has 2 atom stereocenters. The zero-order valence-electron chi connectivity index (χ0n) is 13.3. The number of rotatable bonds is 6. The second kappa shape index (κ2) is 8.51. The summed E-state index contributed by atoms with van der Waals surface area (Å²) in [5, 5.41) is 7.99. The third-order valence-corrected chi connectivity index (χ3v) is 3.84. The van der Waals surface area contributed by atoms with E-state index in [0.29, 0.717) is 17.9 Å². The van der Waals surface area contributed by atoms with Crippen LogP contribution in [0.4, 0.5) is 0 Å². The molecule has 6 heteroatoms. The number of hydrogen-bond donors (Lipinski definition) is 1. The van der Waals surface area contributed by atoms with E-state index < -0.39 is 0 Å². The van der Waals surface area contributed by atoms with E-state index in [-0.39, 0.29) is 18.3 Å². The first-order valence-electron chi connectivity index (χ1n) is 7.26. The van der Waals surface area contributed by atoms with Crippen molar-refractivity contribution in [3.63, 3.8) is 0 Å². The van der Waals surface area contributed by atoms with Gasteiger partial charge in [-0.15, -0.1) is 12.4 Å². The van der Waals surface area contributed by atoms with Gasteiger partial charge >= 0.3 is 0 Å². The molecule has 0 bridgehead atoms. The fourth-order valence-corrected chi connectivity index (χ4v) is 2.56. The number of halogens is 2. The molecule has 1 aromatic carbocycles. The Morgan fingerprint density at radius 1 is 1.27 bits per heavy atom. The molecule has 0 aliphatic heterocycles. The molecule has 0 saturated carbocycles. The van der Waals surface area contributed by atoms with Crippen molar-refractivity contribution in [2.45, 2.75) is 39.2 Å². The van der Waals surface area contributed by atoms with Crippen LogP contribution in [0.15, 0.2) is 28.8 Å². The lowest BCUT2D eigenvalue weighted by Gasteiger charge is -2.17. The SMILES string of the molecule is CNC(C)Cc1noc(C(c2cccc(Cl)c2)C(C)C)n1.Cl. The lowest BCUT2D eigenvalue weighted by atomic mass is 9.88. The van der Waals surface area contributed by atoms with Crippen LogP contribution < -0.4 is 5.32 Å². The smallest absolute Gasteiger partial charge is 0.234 e. The molecule has 0 amide bonds. The number of hydrogen-bond acceptors (Lipinski definition) is 4. The maximum atomic E-state index is 6.10. The molecule has 0 saturated heterocycles. The Bertz CT molecular complexity index is 586. The van der Waals surface area contributed by atoms with E-state index in [4.69, 9.17) is 16.1 Å². The average Bonchev–Trinajstić information content (AvgIpc) is 2.86. The van der Waals surface area contributed by atoms with Gasteiger partial charge in [0.05, 0.1) is 5.92 Å². The summed E-state index contributed by atoms with van der Waals surface area (Å²) in [6.45, 7) is 6.38. The van der Waals surface area contributed by atoms with Crippen LogP contribution >= 0.6 is 24.0 Å². The highest BCUT2D eigenvalue weighted by molar-refractivity contribution is 6.30. The summed E-state index contributed by atoms with van der Waals surface area (Å²) < 4.78 is 5.50. The van der Waals surface area contributed by atoms with Crippen LogP contribution in [0.3, 0.4) is 0 Å². The minimum atomic E-state index is 0. The van der Waals surface area contributed by atoms with Gasteiger partial charge in [0.2, 0.25) is 5.89 Å².